The number of primary amides is 1. The molecule has 0 fully saturated rings. The molecular formula is C15H20IN5O2. The summed E-state index contributed by atoms with van der Waals surface area (Å²) in [6.45, 7) is 3.59. The highest BCUT2D eigenvalue weighted by molar-refractivity contribution is 14.0. The first kappa shape index (κ1) is 18.9. The first-order chi connectivity index (χ1) is 10.7. The van der Waals surface area contributed by atoms with Crippen molar-refractivity contribution in [3.63, 3.8) is 0 Å². The summed E-state index contributed by atoms with van der Waals surface area (Å²) in [7, 11) is 0. The largest absolute Gasteiger partial charge is 0.454 e. The lowest BCUT2D eigenvalue weighted by Gasteiger charge is -2.09. The predicted octanol–water partition coefficient (Wildman–Crippen LogP) is 1.65. The molecule has 0 aliphatic rings. The number of nitrogens with zero attached hydrogens (tertiary/aromatic N) is 2. The van der Waals surface area contributed by atoms with Crippen molar-refractivity contribution in [2.24, 2.45) is 10.7 Å². The number of aromatic nitrogens is 1. The lowest BCUT2D eigenvalue weighted by Crippen LogP contribution is -2.36. The van der Waals surface area contributed by atoms with Gasteiger partial charge in [-0.1, -0.05) is 6.07 Å². The first-order valence-electron chi connectivity index (χ1n) is 6.99. The zero-order valence-corrected chi connectivity index (χ0v) is 15.1. The van der Waals surface area contributed by atoms with Crippen molar-refractivity contribution < 1.29 is 9.21 Å². The van der Waals surface area contributed by atoms with Crippen LogP contribution in [0, 0.1) is 0 Å². The number of rotatable bonds is 6. The van der Waals surface area contributed by atoms with Crippen LogP contribution >= 0.6 is 24.0 Å². The first-order valence-corrected chi connectivity index (χ1v) is 6.99. The Balaban J connectivity index is 0.00000264. The van der Waals surface area contributed by atoms with E-state index in [4.69, 9.17) is 10.2 Å². The van der Waals surface area contributed by atoms with Crippen LogP contribution in [0.3, 0.4) is 0 Å². The normalized spacial score (nSPS) is 10.7. The van der Waals surface area contributed by atoms with E-state index in [9.17, 15) is 4.79 Å². The van der Waals surface area contributed by atoms with E-state index >= 15 is 0 Å². The van der Waals surface area contributed by atoms with Crippen molar-refractivity contribution in [2.75, 3.05) is 6.54 Å². The van der Waals surface area contributed by atoms with Gasteiger partial charge in [-0.15, -0.1) is 24.0 Å². The number of carbonyl (C=O) groups excluding carboxylic acids is 1. The van der Waals surface area contributed by atoms with Crippen molar-refractivity contribution in [3.05, 3.63) is 53.7 Å². The van der Waals surface area contributed by atoms with Crippen LogP contribution in [0.5, 0.6) is 0 Å². The monoisotopic (exact) mass is 429 g/mol. The molecule has 4 N–H and O–H groups in total. The zero-order valence-electron chi connectivity index (χ0n) is 12.8. The van der Waals surface area contributed by atoms with E-state index in [-0.39, 0.29) is 29.7 Å². The smallest absolute Gasteiger partial charge is 0.284 e. The van der Waals surface area contributed by atoms with Crippen LogP contribution in [0.4, 0.5) is 0 Å². The number of amides is 1. The third kappa shape index (κ3) is 6.27. The van der Waals surface area contributed by atoms with E-state index in [1.165, 1.54) is 0 Å². The molecule has 8 heteroatoms. The van der Waals surface area contributed by atoms with Crippen LogP contribution < -0.4 is 16.4 Å². The van der Waals surface area contributed by atoms with Crippen molar-refractivity contribution in [3.8, 4) is 0 Å². The molecule has 23 heavy (non-hydrogen) atoms. The number of aliphatic imine (C=N–C) groups is 1. The highest BCUT2D eigenvalue weighted by Gasteiger charge is 2.07. The number of hydrogen-bond acceptors (Lipinski definition) is 4. The molecule has 0 atom stereocenters. The lowest BCUT2D eigenvalue weighted by atomic mass is 10.3. The summed E-state index contributed by atoms with van der Waals surface area (Å²) < 4.78 is 5.30. The summed E-state index contributed by atoms with van der Waals surface area (Å²) in [5.41, 5.74) is 6.03. The van der Waals surface area contributed by atoms with Gasteiger partial charge < -0.3 is 20.8 Å². The molecule has 0 saturated carbocycles. The average molecular weight is 429 g/mol. The van der Waals surface area contributed by atoms with Gasteiger partial charge in [-0.05, 0) is 31.2 Å². The van der Waals surface area contributed by atoms with Crippen LogP contribution in [0.15, 0.2) is 45.9 Å². The second-order valence-electron chi connectivity index (χ2n) is 4.50. The van der Waals surface area contributed by atoms with Crippen molar-refractivity contribution in [2.45, 2.75) is 20.0 Å². The van der Waals surface area contributed by atoms with Gasteiger partial charge in [-0.2, -0.15) is 0 Å². The second kappa shape index (κ2) is 9.82. The Kier molecular flexibility index (Phi) is 8.09. The Hall–Kier alpha value is -2.10. The molecule has 2 heterocycles. The third-order valence-corrected chi connectivity index (χ3v) is 2.80. The summed E-state index contributed by atoms with van der Waals surface area (Å²) in [5.74, 6) is 0.816. The van der Waals surface area contributed by atoms with E-state index in [0.717, 1.165) is 12.2 Å². The molecule has 124 valence electrons. The quantitative estimate of drug-likeness (QED) is 0.368. The van der Waals surface area contributed by atoms with Crippen LogP contribution in [-0.4, -0.2) is 23.4 Å². The second-order valence-corrected chi connectivity index (χ2v) is 4.50. The molecular weight excluding hydrogens is 409 g/mol. The van der Waals surface area contributed by atoms with E-state index in [1.54, 1.807) is 18.3 Å². The minimum atomic E-state index is -0.582. The Morgan fingerprint density at radius 1 is 1.30 bits per heavy atom. The Bertz CT molecular complexity index is 642. The van der Waals surface area contributed by atoms with E-state index in [0.29, 0.717) is 24.8 Å². The molecule has 0 unspecified atom stereocenters. The lowest BCUT2D eigenvalue weighted by molar-refractivity contribution is 0.0972. The van der Waals surface area contributed by atoms with E-state index in [1.807, 2.05) is 25.1 Å². The Morgan fingerprint density at radius 3 is 2.74 bits per heavy atom. The van der Waals surface area contributed by atoms with Crippen molar-refractivity contribution in [1.82, 2.24) is 15.6 Å². The zero-order chi connectivity index (χ0) is 15.8. The minimum absolute atomic E-state index is 0. The van der Waals surface area contributed by atoms with Gasteiger partial charge in [-0.3, -0.25) is 9.78 Å². The molecule has 1 amide bonds. The highest BCUT2D eigenvalue weighted by Crippen LogP contribution is 2.06. The van der Waals surface area contributed by atoms with Crippen LogP contribution in [0.2, 0.25) is 0 Å². The standard InChI is InChI=1S/C15H19N5O2.HI/c1-2-17-15(19-9-11-5-3-4-8-18-11)20-10-12-6-7-13(22-12)14(16)21;/h3-8H,2,9-10H2,1H3,(H2,16,21)(H2,17,19,20);1H. The number of carbonyl (C=O) groups is 1. The number of nitrogens with one attached hydrogen (secondary N) is 2. The fourth-order valence-corrected chi connectivity index (χ4v) is 1.77. The van der Waals surface area contributed by atoms with E-state index < -0.39 is 5.91 Å². The Labute approximate surface area is 151 Å². The van der Waals surface area contributed by atoms with Crippen LogP contribution in [0.25, 0.3) is 0 Å². The number of furan rings is 1. The maximum absolute atomic E-state index is 11.0. The summed E-state index contributed by atoms with van der Waals surface area (Å²) in [6, 6.07) is 8.96. The highest BCUT2D eigenvalue weighted by atomic mass is 127. The molecule has 0 saturated heterocycles. The summed E-state index contributed by atoms with van der Waals surface area (Å²) in [6.07, 6.45) is 1.74. The number of nitrogens with two attached hydrogens (primary N) is 1. The molecule has 2 aromatic rings. The van der Waals surface area contributed by atoms with Gasteiger partial charge in [-0.25, -0.2) is 4.99 Å². The fraction of sp³-hybridized carbons (Fsp3) is 0.267. The van der Waals surface area contributed by atoms with E-state index in [2.05, 4.69) is 20.6 Å². The van der Waals surface area contributed by atoms with Gasteiger partial charge in [0.05, 0.1) is 18.8 Å². The van der Waals surface area contributed by atoms with Gasteiger partial charge >= 0.3 is 0 Å². The number of halogens is 1. The van der Waals surface area contributed by atoms with Crippen molar-refractivity contribution in [1.29, 1.82) is 0 Å². The molecule has 0 bridgehead atoms. The topological polar surface area (TPSA) is 106 Å². The van der Waals surface area contributed by atoms with Gasteiger partial charge in [0, 0.05) is 12.7 Å². The minimum Gasteiger partial charge on any atom is -0.454 e. The molecule has 0 radical (unpaired) electrons. The maximum Gasteiger partial charge on any atom is 0.284 e. The van der Waals surface area contributed by atoms with Crippen LogP contribution in [-0.2, 0) is 13.1 Å². The average Bonchev–Trinajstić information content (AvgIpc) is 3.00. The molecule has 7 nitrogen and oxygen atoms in total. The van der Waals surface area contributed by atoms with Gasteiger partial charge in [0.1, 0.15) is 5.76 Å². The summed E-state index contributed by atoms with van der Waals surface area (Å²) in [4.78, 5) is 19.6. The predicted molar refractivity (Wildman–Crippen MR) is 98.5 cm³/mol. The van der Waals surface area contributed by atoms with Crippen LogP contribution in [0.1, 0.15) is 28.9 Å². The summed E-state index contributed by atoms with van der Waals surface area (Å²) >= 11 is 0. The summed E-state index contributed by atoms with van der Waals surface area (Å²) in [5, 5.41) is 6.26. The van der Waals surface area contributed by atoms with Crippen molar-refractivity contribution >= 4 is 35.8 Å². The van der Waals surface area contributed by atoms with Gasteiger partial charge in [0.2, 0.25) is 0 Å². The maximum atomic E-state index is 11.0. The molecule has 0 aromatic carbocycles. The Morgan fingerprint density at radius 2 is 2.13 bits per heavy atom. The van der Waals surface area contributed by atoms with Gasteiger partial charge in [0.25, 0.3) is 5.91 Å². The number of guanidine groups is 1. The SMILES string of the molecule is CCNC(=NCc1ccccn1)NCc1ccc(C(N)=O)o1.I. The molecule has 0 aliphatic carbocycles. The third-order valence-electron chi connectivity index (χ3n) is 2.80. The molecule has 2 aromatic heterocycles. The number of hydrogen-bond donors (Lipinski definition) is 3. The van der Waals surface area contributed by atoms with Gasteiger partial charge in [0.15, 0.2) is 11.7 Å². The molecule has 2 rings (SSSR count). The number of pyridine rings is 1. The fourth-order valence-electron chi connectivity index (χ4n) is 1.77. The molecule has 0 spiro atoms. The molecule has 0 aliphatic heterocycles.